The number of nitrogens with zero attached hydrogens (tertiary/aromatic N) is 3. The van der Waals surface area contributed by atoms with E-state index in [0.29, 0.717) is 102 Å². The number of ether oxygens (including phenoxy) is 9. The summed E-state index contributed by atoms with van der Waals surface area (Å²) in [6.07, 6.45) is 6.09. The standard InChI is InChI=1S/C61H68N4O16/c1-4-28-78-61-56(64(36-42-18-24-53-55(31-42)77-39-76-53)60(69)75-30-29-74-37-40-12-6-5-7-13-40)35-51(63-79-38-41-16-19-44(20-17-41)65(70)71)48-32-43(14-8-10-26-66)47(15-9-11-27-67)57(58(48)61)49-33-46(22-25-52(49)81-61)80-59(68)62-50-23-21-45(72-2)34-54(50)73-3/h4-7,12-13,16-25,31-34,43,47,56-58,66-67H,1,8-11,14-15,26-30,35-39H2,2-3H3,(H,62,68). The first-order valence-corrected chi connectivity index (χ1v) is 27.1. The van der Waals surface area contributed by atoms with Gasteiger partial charge in [0.25, 0.3) is 5.69 Å². The van der Waals surface area contributed by atoms with Crippen molar-refractivity contribution in [2.24, 2.45) is 22.9 Å². The van der Waals surface area contributed by atoms with Crippen LogP contribution in [-0.2, 0) is 38.8 Å². The van der Waals surface area contributed by atoms with Gasteiger partial charge in [0.05, 0.1) is 56.3 Å². The highest BCUT2D eigenvalue weighted by Gasteiger charge is 2.66. The van der Waals surface area contributed by atoms with Gasteiger partial charge in [-0.05, 0) is 114 Å². The van der Waals surface area contributed by atoms with Crippen LogP contribution in [0.1, 0.15) is 73.1 Å². The summed E-state index contributed by atoms with van der Waals surface area (Å²) in [6.45, 7) is 4.28. The second kappa shape index (κ2) is 27.3. The van der Waals surface area contributed by atoms with Crippen molar-refractivity contribution in [1.82, 2.24) is 4.90 Å². The van der Waals surface area contributed by atoms with E-state index in [1.807, 2.05) is 42.5 Å². The van der Waals surface area contributed by atoms with Crippen molar-refractivity contribution in [3.63, 3.8) is 0 Å². The number of allylic oxidation sites excluding steroid dienone is 1. The molecule has 0 radical (unpaired) electrons. The Morgan fingerprint density at radius 1 is 0.840 bits per heavy atom. The molecule has 0 aromatic heterocycles. The monoisotopic (exact) mass is 1110 g/mol. The maximum absolute atomic E-state index is 15.3. The molecule has 9 rings (SSSR count). The lowest BCUT2D eigenvalue weighted by molar-refractivity contribution is -0.384. The molecule has 0 spiro atoms. The van der Waals surface area contributed by atoms with Crippen LogP contribution in [0.3, 0.4) is 0 Å². The van der Waals surface area contributed by atoms with Crippen LogP contribution >= 0.6 is 0 Å². The smallest absolute Gasteiger partial charge is 0.417 e. The van der Waals surface area contributed by atoms with Gasteiger partial charge in [0.15, 0.2) is 11.5 Å². The summed E-state index contributed by atoms with van der Waals surface area (Å²) in [6, 6.07) is 30.2. The third-order valence-electron chi connectivity index (χ3n) is 15.0. The van der Waals surface area contributed by atoms with Crippen LogP contribution in [0.15, 0.2) is 139 Å². The summed E-state index contributed by atoms with van der Waals surface area (Å²) < 4.78 is 55.2. The van der Waals surface area contributed by atoms with Gasteiger partial charge in [-0.15, -0.1) is 6.58 Å². The predicted octanol–water partition coefficient (Wildman–Crippen LogP) is 10.6. The van der Waals surface area contributed by atoms with Crippen LogP contribution in [0.4, 0.5) is 21.0 Å². The number of nitro benzene ring substituents is 1. The number of aliphatic hydroxyl groups excluding tert-OH is 2. The average molecular weight is 1110 g/mol. The molecule has 4 aliphatic rings. The highest BCUT2D eigenvalue weighted by atomic mass is 16.7. The molecule has 5 aromatic carbocycles. The molecule has 1 saturated carbocycles. The van der Waals surface area contributed by atoms with E-state index >= 15 is 4.79 Å². The fourth-order valence-electron chi connectivity index (χ4n) is 11.3. The minimum atomic E-state index is -1.70. The van der Waals surface area contributed by atoms with Gasteiger partial charge >= 0.3 is 12.2 Å². The van der Waals surface area contributed by atoms with Crippen molar-refractivity contribution in [2.45, 2.75) is 82.5 Å². The van der Waals surface area contributed by atoms with Gasteiger partial charge < -0.3 is 57.7 Å². The maximum atomic E-state index is 15.3. The number of rotatable bonds is 27. The Labute approximate surface area is 469 Å². The molecule has 20 heteroatoms. The number of hydrogen-bond donors (Lipinski definition) is 3. The van der Waals surface area contributed by atoms with Gasteiger partial charge in [0, 0.05) is 55.9 Å². The van der Waals surface area contributed by atoms with E-state index in [9.17, 15) is 25.1 Å². The van der Waals surface area contributed by atoms with Gasteiger partial charge in [-0.1, -0.05) is 66.5 Å². The second-order valence-electron chi connectivity index (χ2n) is 20.0. The number of benzene rings is 5. The summed E-state index contributed by atoms with van der Waals surface area (Å²) >= 11 is 0. The summed E-state index contributed by atoms with van der Waals surface area (Å²) in [7, 11) is 3.01. The summed E-state index contributed by atoms with van der Waals surface area (Å²) in [4.78, 5) is 48.0. The summed E-state index contributed by atoms with van der Waals surface area (Å²) in [5.74, 6) is -0.698. The van der Waals surface area contributed by atoms with E-state index in [0.717, 1.165) is 11.1 Å². The third kappa shape index (κ3) is 13.5. The van der Waals surface area contributed by atoms with E-state index < -0.39 is 40.8 Å². The molecular weight excluding hydrogens is 1040 g/mol. The Morgan fingerprint density at radius 2 is 1.58 bits per heavy atom. The van der Waals surface area contributed by atoms with Gasteiger partial charge in [-0.2, -0.15) is 0 Å². The number of fused-ring (bicyclic) bond motifs is 3. The molecule has 0 bridgehead atoms. The lowest BCUT2D eigenvalue weighted by Crippen LogP contribution is -2.70. The van der Waals surface area contributed by atoms with Crippen LogP contribution in [-0.4, -0.2) is 104 Å². The number of anilines is 1. The molecule has 6 atom stereocenters. The van der Waals surface area contributed by atoms with Crippen LogP contribution in [0.25, 0.3) is 0 Å². The first kappa shape index (κ1) is 57.5. The zero-order valence-corrected chi connectivity index (χ0v) is 45.4. The lowest BCUT2D eigenvalue weighted by Gasteiger charge is -2.59. The number of methoxy groups -OCH3 is 2. The van der Waals surface area contributed by atoms with Gasteiger partial charge in [-0.3, -0.25) is 20.3 Å². The van der Waals surface area contributed by atoms with E-state index in [-0.39, 0.29) is 82.7 Å². The number of oxime groups is 1. The SMILES string of the molecule is C=CCOC12Oc3ccc(OC(=O)Nc4ccc(OC)cc4OC)cc3C3C(CCCCO)C(CCCCO)C=C(C(=NOCc4ccc([N+](=O)[O-])cc4)CC1N(Cc1ccc4c(c1)OCO4)C(=O)OCCOCc1ccccc1)C32. The van der Waals surface area contributed by atoms with Crippen LogP contribution < -0.4 is 33.7 Å². The Balaban J connectivity index is 1.18. The minimum Gasteiger partial charge on any atom is -0.497 e. The molecule has 2 heterocycles. The zero-order valence-electron chi connectivity index (χ0n) is 45.4. The lowest BCUT2D eigenvalue weighted by atomic mass is 9.55. The molecule has 2 aliphatic heterocycles. The number of carbonyl (C=O) groups excluding carboxylic acids is 2. The highest BCUT2D eigenvalue weighted by Crippen LogP contribution is 2.62. The Kier molecular flexibility index (Phi) is 19.4. The van der Waals surface area contributed by atoms with Crippen molar-refractivity contribution < 1.29 is 72.2 Å². The van der Waals surface area contributed by atoms with Gasteiger partial charge in [-0.25, -0.2) is 9.59 Å². The van der Waals surface area contributed by atoms with Crippen LogP contribution in [0, 0.1) is 27.9 Å². The number of amides is 2. The number of hydrogen-bond acceptors (Lipinski definition) is 17. The summed E-state index contributed by atoms with van der Waals surface area (Å²) in [5, 5.41) is 39.5. The topological polar surface area (TPSA) is 238 Å². The Morgan fingerprint density at radius 3 is 2.33 bits per heavy atom. The fraction of sp³-hybridized carbons (Fsp3) is 0.393. The number of non-ortho nitro benzene ring substituents is 1. The van der Waals surface area contributed by atoms with E-state index in [4.69, 9.17) is 52.6 Å². The van der Waals surface area contributed by atoms with E-state index in [1.54, 1.807) is 65.6 Å². The predicted molar refractivity (Wildman–Crippen MR) is 298 cm³/mol. The summed E-state index contributed by atoms with van der Waals surface area (Å²) in [5.41, 5.74) is 4.47. The zero-order chi connectivity index (χ0) is 56.7. The van der Waals surface area contributed by atoms with Crippen LogP contribution in [0.5, 0.6) is 34.5 Å². The second-order valence-corrected chi connectivity index (χ2v) is 20.0. The first-order chi connectivity index (χ1) is 39.6. The van der Waals surface area contributed by atoms with E-state index in [1.165, 1.54) is 26.4 Å². The Hall–Kier alpha value is -8.17. The van der Waals surface area contributed by atoms with Crippen molar-refractivity contribution in [3.05, 3.63) is 166 Å². The Bertz CT molecular complexity index is 3050. The minimum absolute atomic E-state index is 0.00416. The van der Waals surface area contributed by atoms with Crippen molar-refractivity contribution in [1.29, 1.82) is 0 Å². The molecule has 2 amide bonds. The van der Waals surface area contributed by atoms with E-state index in [2.05, 4.69) is 18.0 Å². The number of aliphatic hydroxyl groups is 2. The number of nitrogens with one attached hydrogen (secondary N) is 1. The molecule has 20 nitrogen and oxygen atoms in total. The van der Waals surface area contributed by atoms with Crippen LogP contribution in [0.2, 0.25) is 0 Å². The van der Waals surface area contributed by atoms with Crippen molar-refractivity contribution in [2.75, 3.05) is 59.4 Å². The average Bonchev–Trinajstić information content (AvgIpc) is 3.66. The highest BCUT2D eigenvalue weighted by molar-refractivity contribution is 6.03. The van der Waals surface area contributed by atoms with Gasteiger partial charge in [0.2, 0.25) is 12.6 Å². The molecule has 0 saturated heterocycles. The number of unbranched alkanes of at least 4 members (excludes halogenated alkanes) is 2. The van der Waals surface area contributed by atoms with Crippen molar-refractivity contribution in [3.8, 4) is 34.5 Å². The molecule has 5 aromatic rings. The van der Waals surface area contributed by atoms with Crippen molar-refractivity contribution >= 4 is 29.3 Å². The maximum Gasteiger partial charge on any atom is 0.417 e. The first-order valence-electron chi connectivity index (χ1n) is 27.1. The quantitative estimate of drug-likeness (QED) is 0.0192. The van der Waals surface area contributed by atoms with Gasteiger partial charge in [0.1, 0.15) is 42.3 Å². The molecule has 3 N–H and O–H groups in total. The number of carbonyl (C=O) groups is 2. The molecular formula is C61H68N4O16. The largest absolute Gasteiger partial charge is 0.497 e. The molecule has 428 valence electrons. The third-order valence-corrected chi connectivity index (χ3v) is 15.0. The molecule has 2 aliphatic carbocycles. The fourth-order valence-corrected chi connectivity index (χ4v) is 11.3. The molecule has 81 heavy (non-hydrogen) atoms. The number of nitro groups is 1. The molecule has 1 fully saturated rings. The normalized spacial score (nSPS) is 20.6. The molecule has 6 unspecified atom stereocenters.